The minimum Gasteiger partial charge on any atom is -0.207 e. The molecule has 0 bridgehead atoms. The topological polar surface area (TPSA) is 0 Å². The van der Waals surface area contributed by atoms with E-state index in [2.05, 4.69) is 0 Å². The molecular weight excluding hydrogens is 556 g/mol. The maximum Gasteiger partial charge on any atom is 0.123 e. The highest BCUT2D eigenvalue weighted by atomic mass is 19.1. The van der Waals surface area contributed by atoms with Gasteiger partial charge in [-0.05, 0) is 114 Å². The van der Waals surface area contributed by atoms with Crippen molar-refractivity contribution in [3.8, 4) is 0 Å². The van der Waals surface area contributed by atoms with Gasteiger partial charge in [-0.1, -0.05) is 97.1 Å². The quantitative estimate of drug-likeness (QED) is 0.144. The van der Waals surface area contributed by atoms with Crippen LogP contribution in [0.25, 0.3) is 32.7 Å². The summed E-state index contributed by atoms with van der Waals surface area (Å²) < 4.78 is 56.5. The zero-order valence-electron chi connectivity index (χ0n) is 23.4. The van der Waals surface area contributed by atoms with Crippen molar-refractivity contribution in [2.45, 2.75) is 0 Å². The Hall–Kier alpha value is -5.48. The molecule has 0 spiro atoms. The lowest BCUT2D eigenvalue weighted by Gasteiger charge is -2.17. The number of benzene rings is 7. The first-order chi connectivity index (χ1) is 21.5. The molecule has 0 aliphatic heterocycles. The van der Waals surface area contributed by atoms with Crippen LogP contribution in [0.3, 0.4) is 0 Å². The van der Waals surface area contributed by atoms with Gasteiger partial charge in [-0.25, -0.2) is 17.6 Å². The molecule has 0 nitrogen and oxygen atoms in total. The van der Waals surface area contributed by atoms with Gasteiger partial charge in [0.2, 0.25) is 0 Å². The largest absolute Gasteiger partial charge is 0.207 e. The number of rotatable bonds is 4. The molecule has 0 radical (unpaired) electrons. The van der Waals surface area contributed by atoms with Crippen LogP contribution in [0.15, 0.2) is 146 Å². The standard InChI is InChI=1S/C40H24F4/c41-29-17-9-25(10-18-29)37(26-11-19-30(42)20-12-26)39-33-5-1-2-6-34(33)40(36-8-4-3-7-35(36)39)38(27-13-21-31(43)22-14-27)28-15-23-32(44)24-16-28/h1-24H. The van der Waals surface area contributed by atoms with Crippen LogP contribution in [0.2, 0.25) is 0 Å². The summed E-state index contributed by atoms with van der Waals surface area (Å²) >= 11 is 0. The maximum atomic E-state index is 14.1. The van der Waals surface area contributed by atoms with Gasteiger partial charge in [-0.3, -0.25) is 0 Å². The number of halogens is 4. The Balaban J connectivity index is 1.77. The van der Waals surface area contributed by atoms with Gasteiger partial charge in [0.1, 0.15) is 23.3 Å². The molecule has 7 aromatic carbocycles. The lowest BCUT2D eigenvalue weighted by atomic mass is 9.86. The number of hydrogen-bond acceptors (Lipinski definition) is 0. The van der Waals surface area contributed by atoms with Crippen LogP contribution >= 0.6 is 0 Å². The molecule has 0 unspecified atom stereocenters. The van der Waals surface area contributed by atoms with Gasteiger partial charge >= 0.3 is 0 Å². The van der Waals surface area contributed by atoms with E-state index in [4.69, 9.17) is 0 Å². The molecule has 0 amide bonds. The first kappa shape index (κ1) is 27.4. The van der Waals surface area contributed by atoms with Gasteiger partial charge in [-0.15, -0.1) is 0 Å². The van der Waals surface area contributed by atoms with Crippen molar-refractivity contribution in [1.82, 2.24) is 0 Å². The molecule has 0 fully saturated rings. The summed E-state index contributed by atoms with van der Waals surface area (Å²) in [5, 5.41) is 5.52. The van der Waals surface area contributed by atoms with Gasteiger partial charge in [-0.2, -0.15) is 0 Å². The SMILES string of the molecule is Fc1ccc(C(c2ccc(F)cc2)=c2c3ccccc3c(=C(c3ccc(F)cc3)c3ccc(F)cc3)c3ccccc23)cc1. The fraction of sp³-hybridized carbons (Fsp3) is 0. The molecule has 44 heavy (non-hydrogen) atoms. The molecule has 4 heteroatoms. The predicted octanol–water partition coefficient (Wildman–Crippen LogP) is 9.04. The molecule has 0 aliphatic carbocycles. The zero-order chi connectivity index (χ0) is 30.2. The maximum absolute atomic E-state index is 14.1. The number of hydrogen-bond donors (Lipinski definition) is 0. The Labute approximate surface area is 251 Å². The summed E-state index contributed by atoms with van der Waals surface area (Å²) in [5.74, 6) is -1.41. The third kappa shape index (κ3) is 4.95. The molecule has 7 rings (SSSR count). The highest BCUT2D eigenvalue weighted by Gasteiger charge is 2.17. The van der Waals surface area contributed by atoms with Gasteiger partial charge < -0.3 is 0 Å². The molecule has 0 saturated carbocycles. The molecule has 0 aromatic heterocycles. The smallest absolute Gasteiger partial charge is 0.123 e. The summed E-state index contributed by atoms with van der Waals surface area (Å²) in [6, 6.07) is 41.3. The monoisotopic (exact) mass is 580 g/mol. The minimum absolute atomic E-state index is 0.352. The molecule has 0 aliphatic rings. The van der Waals surface area contributed by atoms with Crippen LogP contribution in [-0.2, 0) is 0 Å². The average Bonchev–Trinajstić information content (AvgIpc) is 3.05. The van der Waals surface area contributed by atoms with Crippen LogP contribution in [0.1, 0.15) is 22.3 Å². The van der Waals surface area contributed by atoms with Crippen molar-refractivity contribution >= 4 is 32.7 Å². The molecular formula is C40H24F4. The van der Waals surface area contributed by atoms with E-state index < -0.39 is 0 Å². The van der Waals surface area contributed by atoms with Crippen LogP contribution < -0.4 is 10.4 Å². The first-order valence-corrected chi connectivity index (χ1v) is 14.2. The van der Waals surface area contributed by atoms with E-state index in [0.717, 1.165) is 65.4 Å². The molecule has 0 atom stereocenters. The van der Waals surface area contributed by atoms with Crippen molar-refractivity contribution < 1.29 is 17.6 Å². The fourth-order valence-corrected chi connectivity index (χ4v) is 6.04. The van der Waals surface area contributed by atoms with Crippen molar-refractivity contribution in [1.29, 1.82) is 0 Å². The summed E-state index contributed by atoms with van der Waals surface area (Å²) in [5.41, 5.74) is 4.78. The first-order valence-electron chi connectivity index (χ1n) is 14.2. The number of fused-ring (bicyclic) bond motifs is 2. The Morgan fingerprint density at radius 1 is 0.273 bits per heavy atom. The Morgan fingerprint density at radius 3 is 0.682 bits per heavy atom. The Bertz CT molecular complexity index is 1940. The summed E-state index contributed by atoms with van der Waals surface area (Å²) in [4.78, 5) is 0. The van der Waals surface area contributed by atoms with Crippen LogP contribution in [0.4, 0.5) is 17.6 Å². The fourth-order valence-electron chi connectivity index (χ4n) is 6.04. The van der Waals surface area contributed by atoms with Gasteiger partial charge in [0.05, 0.1) is 0 Å². The van der Waals surface area contributed by atoms with Crippen LogP contribution in [-0.4, -0.2) is 0 Å². The van der Waals surface area contributed by atoms with E-state index in [1.807, 2.05) is 48.5 Å². The van der Waals surface area contributed by atoms with E-state index in [1.54, 1.807) is 48.5 Å². The van der Waals surface area contributed by atoms with E-state index >= 15 is 0 Å². The van der Waals surface area contributed by atoms with E-state index in [1.165, 1.54) is 48.5 Å². The van der Waals surface area contributed by atoms with Crippen molar-refractivity contribution in [3.05, 3.63) is 202 Å². The Kier molecular flexibility index (Phi) is 7.03. The lowest BCUT2D eigenvalue weighted by molar-refractivity contribution is 0.627. The highest BCUT2D eigenvalue weighted by Crippen LogP contribution is 2.28. The van der Waals surface area contributed by atoms with Crippen LogP contribution in [0.5, 0.6) is 0 Å². The van der Waals surface area contributed by atoms with Crippen molar-refractivity contribution in [2.75, 3.05) is 0 Å². The molecule has 212 valence electrons. The van der Waals surface area contributed by atoms with Crippen molar-refractivity contribution in [3.63, 3.8) is 0 Å². The zero-order valence-corrected chi connectivity index (χ0v) is 23.4. The van der Waals surface area contributed by atoms with Gasteiger partial charge in [0.25, 0.3) is 0 Å². The second-order valence-electron chi connectivity index (χ2n) is 10.6. The highest BCUT2D eigenvalue weighted by molar-refractivity contribution is 6.06. The van der Waals surface area contributed by atoms with Crippen molar-refractivity contribution in [2.24, 2.45) is 0 Å². The van der Waals surface area contributed by atoms with E-state index in [-0.39, 0.29) is 23.3 Å². The van der Waals surface area contributed by atoms with E-state index in [9.17, 15) is 17.6 Å². The normalized spacial score (nSPS) is 11.2. The second-order valence-corrected chi connectivity index (χ2v) is 10.6. The second kappa shape index (κ2) is 11.3. The third-order valence-electron chi connectivity index (χ3n) is 7.96. The van der Waals surface area contributed by atoms with E-state index in [0.29, 0.717) is 0 Å². The van der Waals surface area contributed by atoms with Gasteiger partial charge in [0, 0.05) is 0 Å². The summed E-state index contributed by atoms with van der Waals surface area (Å²) in [6.45, 7) is 0. The predicted molar refractivity (Wildman–Crippen MR) is 170 cm³/mol. The third-order valence-corrected chi connectivity index (χ3v) is 7.96. The average molecular weight is 581 g/mol. The lowest BCUT2D eigenvalue weighted by Crippen LogP contribution is -2.21. The minimum atomic E-state index is -0.352. The molecule has 0 N–H and O–H groups in total. The molecule has 0 heterocycles. The Morgan fingerprint density at radius 2 is 0.477 bits per heavy atom. The van der Waals surface area contributed by atoms with Gasteiger partial charge in [0.15, 0.2) is 0 Å². The summed E-state index contributed by atoms with van der Waals surface area (Å²) in [6.07, 6.45) is 0. The van der Waals surface area contributed by atoms with Crippen LogP contribution in [0, 0.1) is 23.3 Å². The molecule has 7 aromatic rings. The molecule has 0 saturated heterocycles. The summed E-state index contributed by atoms with van der Waals surface area (Å²) in [7, 11) is 0.